The van der Waals surface area contributed by atoms with Gasteiger partial charge in [0.05, 0.1) is 18.4 Å². The standard InChI is InChI=1S/C16H14F3N3O2/c17-16(18,19)14-4-3-12(6-21-14)15(23)22-8-11(9-22)10-24-13-2-1-5-20-7-13/h1-7,11H,8-10H2. The molecule has 1 fully saturated rings. The first-order chi connectivity index (χ1) is 11.4. The van der Waals surface area contributed by atoms with Crippen molar-refractivity contribution < 1.29 is 22.7 Å². The number of carbonyl (C=O) groups is 1. The van der Waals surface area contributed by atoms with Gasteiger partial charge in [0.15, 0.2) is 0 Å². The van der Waals surface area contributed by atoms with E-state index < -0.39 is 11.9 Å². The maximum Gasteiger partial charge on any atom is 0.433 e. The van der Waals surface area contributed by atoms with Crippen LogP contribution in [0, 0.1) is 5.92 Å². The Morgan fingerprint density at radius 1 is 1.25 bits per heavy atom. The lowest BCUT2D eigenvalue weighted by Crippen LogP contribution is -2.52. The zero-order chi connectivity index (χ0) is 17.2. The molecule has 126 valence electrons. The minimum absolute atomic E-state index is 0.148. The van der Waals surface area contributed by atoms with Crippen LogP contribution < -0.4 is 4.74 Å². The maximum absolute atomic E-state index is 12.5. The molecule has 0 radical (unpaired) electrons. The lowest BCUT2D eigenvalue weighted by molar-refractivity contribution is -0.141. The van der Waals surface area contributed by atoms with E-state index in [2.05, 4.69) is 9.97 Å². The van der Waals surface area contributed by atoms with Gasteiger partial charge in [0, 0.05) is 31.4 Å². The monoisotopic (exact) mass is 337 g/mol. The number of ether oxygens (including phenoxy) is 1. The molecule has 1 aliphatic heterocycles. The smallest absolute Gasteiger partial charge is 0.433 e. The van der Waals surface area contributed by atoms with Gasteiger partial charge in [-0.1, -0.05) is 0 Å². The first-order valence-corrected chi connectivity index (χ1v) is 7.29. The van der Waals surface area contributed by atoms with E-state index in [4.69, 9.17) is 4.74 Å². The van der Waals surface area contributed by atoms with Crippen LogP contribution in [0.2, 0.25) is 0 Å². The molecule has 1 saturated heterocycles. The van der Waals surface area contributed by atoms with Crippen molar-refractivity contribution in [3.8, 4) is 5.75 Å². The highest BCUT2D eigenvalue weighted by Crippen LogP contribution is 2.27. The number of halogens is 3. The van der Waals surface area contributed by atoms with E-state index in [0.717, 1.165) is 18.3 Å². The van der Waals surface area contributed by atoms with Crippen molar-refractivity contribution in [2.24, 2.45) is 5.92 Å². The molecule has 0 saturated carbocycles. The number of pyridine rings is 2. The molecule has 0 unspecified atom stereocenters. The van der Waals surface area contributed by atoms with Crippen LogP contribution in [-0.4, -0.2) is 40.5 Å². The van der Waals surface area contributed by atoms with Gasteiger partial charge in [0.25, 0.3) is 5.91 Å². The number of alkyl halides is 3. The number of likely N-dealkylation sites (tertiary alicyclic amines) is 1. The van der Waals surface area contributed by atoms with E-state index in [1.807, 2.05) is 0 Å². The zero-order valence-corrected chi connectivity index (χ0v) is 12.5. The van der Waals surface area contributed by atoms with Gasteiger partial charge in [-0.2, -0.15) is 13.2 Å². The fraction of sp³-hybridized carbons (Fsp3) is 0.312. The van der Waals surface area contributed by atoms with Crippen molar-refractivity contribution in [1.29, 1.82) is 0 Å². The fourth-order valence-electron chi connectivity index (χ4n) is 2.36. The molecule has 0 atom stereocenters. The van der Waals surface area contributed by atoms with Crippen molar-refractivity contribution in [2.75, 3.05) is 19.7 Å². The van der Waals surface area contributed by atoms with Crippen LogP contribution in [0.4, 0.5) is 13.2 Å². The van der Waals surface area contributed by atoms with Gasteiger partial charge in [-0.25, -0.2) is 0 Å². The van der Waals surface area contributed by atoms with Gasteiger partial charge in [-0.3, -0.25) is 14.8 Å². The highest BCUT2D eigenvalue weighted by Gasteiger charge is 2.34. The first-order valence-electron chi connectivity index (χ1n) is 7.29. The van der Waals surface area contributed by atoms with Crippen LogP contribution in [0.15, 0.2) is 42.9 Å². The summed E-state index contributed by atoms with van der Waals surface area (Å²) in [7, 11) is 0. The fourth-order valence-corrected chi connectivity index (χ4v) is 2.36. The largest absolute Gasteiger partial charge is 0.492 e. The lowest BCUT2D eigenvalue weighted by atomic mass is 10.00. The minimum atomic E-state index is -4.51. The second kappa shape index (κ2) is 6.46. The summed E-state index contributed by atoms with van der Waals surface area (Å²) in [6.07, 6.45) is -0.290. The number of carbonyl (C=O) groups excluding carboxylic acids is 1. The highest BCUT2D eigenvalue weighted by molar-refractivity contribution is 5.94. The number of nitrogens with zero attached hydrogens (tertiary/aromatic N) is 3. The quantitative estimate of drug-likeness (QED) is 0.861. The Bertz CT molecular complexity index is 699. The van der Waals surface area contributed by atoms with E-state index in [-0.39, 0.29) is 17.4 Å². The summed E-state index contributed by atoms with van der Waals surface area (Å²) >= 11 is 0. The Labute approximate surface area is 136 Å². The predicted octanol–water partition coefficient (Wildman–Crippen LogP) is 2.65. The van der Waals surface area contributed by atoms with E-state index in [0.29, 0.717) is 25.4 Å². The maximum atomic E-state index is 12.5. The van der Waals surface area contributed by atoms with Gasteiger partial charge in [0.1, 0.15) is 11.4 Å². The lowest BCUT2D eigenvalue weighted by Gasteiger charge is -2.39. The number of aromatic nitrogens is 2. The molecular weight excluding hydrogens is 323 g/mol. The third-order valence-corrected chi connectivity index (χ3v) is 3.67. The third-order valence-electron chi connectivity index (χ3n) is 3.67. The normalized spacial score (nSPS) is 15.0. The van der Waals surface area contributed by atoms with Gasteiger partial charge in [-0.05, 0) is 24.3 Å². The number of rotatable bonds is 4. The van der Waals surface area contributed by atoms with E-state index in [9.17, 15) is 18.0 Å². The SMILES string of the molecule is O=C(c1ccc(C(F)(F)F)nc1)N1CC(COc2cccnc2)C1. The Morgan fingerprint density at radius 3 is 2.62 bits per heavy atom. The van der Waals surface area contributed by atoms with Gasteiger partial charge in [-0.15, -0.1) is 0 Å². The van der Waals surface area contributed by atoms with Crippen LogP contribution in [0.3, 0.4) is 0 Å². The van der Waals surface area contributed by atoms with Crippen LogP contribution in [0.5, 0.6) is 5.75 Å². The van der Waals surface area contributed by atoms with Crippen LogP contribution in [-0.2, 0) is 6.18 Å². The summed E-state index contributed by atoms with van der Waals surface area (Å²) in [5.74, 6) is 0.527. The predicted molar refractivity (Wildman–Crippen MR) is 78.4 cm³/mol. The van der Waals surface area contributed by atoms with Crippen molar-refractivity contribution in [2.45, 2.75) is 6.18 Å². The molecule has 24 heavy (non-hydrogen) atoms. The Hall–Kier alpha value is -2.64. The Balaban J connectivity index is 1.49. The van der Waals surface area contributed by atoms with Gasteiger partial charge in [0.2, 0.25) is 0 Å². The Morgan fingerprint density at radius 2 is 2.04 bits per heavy atom. The number of hydrogen-bond donors (Lipinski definition) is 0. The van der Waals surface area contributed by atoms with Crippen LogP contribution >= 0.6 is 0 Å². The molecule has 3 rings (SSSR count). The second-order valence-corrected chi connectivity index (χ2v) is 5.51. The Kier molecular flexibility index (Phi) is 4.37. The van der Waals surface area contributed by atoms with Crippen molar-refractivity contribution in [1.82, 2.24) is 14.9 Å². The molecule has 8 heteroatoms. The van der Waals surface area contributed by atoms with Crippen LogP contribution in [0.1, 0.15) is 16.1 Å². The summed E-state index contributed by atoms with van der Waals surface area (Å²) < 4.78 is 42.9. The molecule has 1 amide bonds. The number of amides is 1. The van der Waals surface area contributed by atoms with Crippen molar-refractivity contribution in [3.05, 3.63) is 54.1 Å². The average Bonchev–Trinajstić information content (AvgIpc) is 2.53. The molecule has 0 N–H and O–H groups in total. The highest BCUT2D eigenvalue weighted by atomic mass is 19.4. The molecular formula is C16H14F3N3O2. The van der Waals surface area contributed by atoms with E-state index in [1.165, 1.54) is 0 Å². The zero-order valence-electron chi connectivity index (χ0n) is 12.5. The molecule has 2 aromatic rings. The summed E-state index contributed by atoms with van der Waals surface area (Å²) in [6, 6.07) is 5.53. The van der Waals surface area contributed by atoms with Crippen LogP contribution in [0.25, 0.3) is 0 Å². The molecule has 0 bridgehead atoms. The average molecular weight is 337 g/mol. The topological polar surface area (TPSA) is 55.3 Å². The van der Waals surface area contributed by atoms with Crippen molar-refractivity contribution >= 4 is 5.91 Å². The van der Waals surface area contributed by atoms with Gasteiger partial charge >= 0.3 is 6.18 Å². The second-order valence-electron chi connectivity index (χ2n) is 5.51. The summed E-state index contributed by atoms with van der Waals surface area (Å²) in [4.78, 5) is 21.0. The van der Waals surface area contributed by atoms with E-state index >= 15 is 0 Å². The molecule has 0 aromatic carbocycles. The number of hydrogen-bond acceptors (Lipinski definition) is 4. The van der Waals surface area contributed by atoms with E-state index in [1.54, 1.807) is 29.4 Å². The molecule has 0 aliphatic carbocycles. The summed E-state index contributed by atoms with van der Waals surface area (Å²) in [5, 5.41) is 0. The third kappa shape index (κ3) is 3.64. The minimum Gasteiger partial charge on any atom is -0.492 e. The molecule has 0 spiro atoms. The first kappa shape index (κ1) is 16.2. The molecule has 2 aromatic heterocycles. The molecule has 1 aliphatic rings. The summed E-state index contributed by atoms with van der Waals surface area (Å²) in [5.41, 5.74) is -0.861. The molecule has 5 nitrogen and oxygen atoms in total. The van der Waals surface area contributed by atoms with Gasteiger partial charge < -0.3 is 9.64 Å². The molecule has 3 heterocycles. The summed E-state index contributed by atoms with van der Waals surface area (Å²) in [6.45, 7) is 1.46. The van der Waals surface area contributed by atoms with Crippen molar-refractivity contribution in [3.63, 3.8) is 0 Å².